The molecule has 0 spiro atoms. The molecule has 1 aromatic carbocycles. The molecule has 1 saturated carbocycles. The van der Waals surface area contributed by atoms with Crippen molar-refractivity contribution < 1.29 is 4.39 Å². The first-order valence-electron chi connectivity index (χ1n) is 3.89. The van der Waals surface area contributed by atoms with Crippen molar-refractivity contribution in [3.8, 4) is 0 Å². The fraction of sp³-hybridized carbons (Fsp3) is 0.333. The van der Waals surface area contributed by atoms with Crippen molar-refractivity contribution in [1.82, 2.24) is 0 Å². The van der Waals surface area contributed by atoms with E-state index in [0.29, 0.717) is 10.4 Å². The second-order valence-corrected chi connectivity index (χ2v) is 3.94. The van der Waals surface area contributed by atoms with Crippen molar-refractivity contribution in [3.05, 3.63) is 34.1 Å². The van der Waals surface area contributed by atoms with Gasteiger partial charge in [-0.25, -0.2) is 4.39 Å². The summed E-state index contributed by atoms with van der Waals surface area (Å²) in [5, 5.41) is 0. The largest absolute Gasteiger partial charge is 0.327 e. The average Bonchev–Trinajstić information content (AvgIpc) is 2.73. The van der Waals surface area contributed by atoms with Crippen molar-refractivity contribution in [3.63, 3.8) is 0 Å². The van der Waals surface area contributed by atoms with Crippen molar-refractivity contribution in [1.29, 1.82) is 0 Å². The molecule has 1 fully saturated rings. The molecule has 0 bridgehead atoms. The predicted molar refractivity (Wildman–Crippen MR) is 49.4 cm³/mol. The molecule has 1 aliphatic rings. The lowest BCUT2D eigenvalue weighted by Gasteiger charge is -2.02. The van der Waals surface area contributed by atoms with Gasteiger partial charge >= 0.3 is 0 Å². The molecule has 2 rings (SSSR count). The van der Waals surface area contributed by atoms with Gasteiger partial charge in [0, 0.05) is 12.0 Å². The normalized spacial score (nSPS) is 27.2. The molecular weight excluding hydrogens is 221 g/mol. The molecule has 0 aliphatic heterocycles. The zero-order chi connectivity index (χ0) is 8.72. The van der Waals surface area contributed by atoms with Crippen molar-refractivity contribution >= 4 is 15.9 Å². The molecule has 3 heteroatoms. The first kappa shape index (κ1) is 8.20. The smallest absolute Gasteiger partial charge is 0.137 e. The molecule has 2 unspecified atom stereocenters. The monoisotopic (exact) mass is 229 g/mol. The predicted octanol–water partition coefficient (Wildman–Crippen LogP) is 2.40. The van der Waals surface area contributed by atoms with Gasteiger partial charge in [0.1, 0.15) is 5.82 Å². The molecule has 1 aromatic rings. The standard InChI is InChI=1S/C9H9BrFN/c10-9-5(6-4-8(6)12)2-1-3-7(9)11/h1-3,6,8H,4,12H2. The van der Waals surface area contributed by atoms with E-state index in [4.69, 9.17) is 5.73 Å². The second-order valence-electron chi connectivity index (χ2n) is 3.15. The molecule has 0 saturated heterocycles. The Morgan fingerprint density at radius 3 is 2.75 bits per heavy atom. The first-order chi connectivity index (χ1) is 5.70. The van der Waals surface area contributed by atoms with E-state index in [0.717, 1.165) is 12.0 Å². The van der Waals surface area contributed by atoms with Crippen LogP contribution in [0.15, 0.2) is 22.7 Å². The first-order valence-corrected chi connectivity index (χ1v) is 4.69. The van der Waals surface area contributed by atoms with Gasteiger partial charge in [-0.15, -0.1) is 0 Å². The van der Waals surface area contributed by atoms with E-state index in [1.54, 1.807) is 6.07 Å². The number of benzene rings is 1. The highest BCUT2D eigenvalue weighted by molar-refractivity contribution is 9.10. The fourth-order valence-electron chi connectivity index (χ4n) is 1.38. The zero-order valence-corrected chi connectivity index (χ0v) is 8.01. The topological polar surface area (TPSA) is 26.0 Å². The van der Waals surface area contributed by atoms with E-state index >= 15 is 0 Å². The van der Waals surface area contributed by atoms with Crippen LogP contribution >= 0.6 is 15.9 Å². The van der Waals surface area contributed by atoms with Crippen LogP contribution in [0.3, 0.4) is 0 Å². The van der Waals surface area contributed by atoms with E-state index in [1.165, 1.54) is 6.07 Å². The third kappa shape index (κ3) is 1.27. The van der Waals surface area contributed by atoms with Crippen molar-refractivity contribution in [2.75, 3.05) is 0 Å². The molecule has 1 nitrogen and oxygen atoms in total. The summed E-state index contributed by atoms with van der Waals surface area (Å²) >= 11 is 3.22. The Labute approximate surface area is 78.9 Å². The summed E-state index contributed by atoms with van der Waals surface area (Å²) in [4.78, 5) is 0. The third-order valence-electron chi connectivity index (χ3n) is 2.22. The molecule has 0 amide bonds. The SMILES string of the molecule is NC1CC1c1cccc(F)c1Br. The minimum absolute atomic E-state index is 0.202. The summed E-state index contributed by atoms with van der Waals surface area (Å²) in [5.74, 6) is 0.154. The van der Waals surface area contributed by atoms with Crippen molar-refractivity contribution in [2.24, 2.45) is 5.73 Å². The summed E-state index contributed by atoms with van der Waals surface area (Å²) in [6.45, 7) is 0. The number of hydrogen-bond acceptors (Lipinski definition) is 1. The number of hydrogen-bond donors (Lipinski definition) is 1. The van der Waals surface area contributed by atoms with E-state index in [1.807, 2.05) is 6.07 Å². The van der Waals surface area contributed by atoms with Gasteiger partial charge in [0.05, 0.1) is 4.47 Å². The van der Waals surface area contributed by atoms with E-state index in [-0.39, 0.29) is 11.9 Å². The van der Waals surface area contributed by atoms with Gasteiger partial charge in [-0.05, 0) is 34.0 Å². The average molecular weight is 230 g/mol. The van der Waals surface area contributed by atoms with Crippen molar-refractivity contribution in [2.45, 2.75) is 18.4 Å². The van der Waals surface area contributed by atoms with Crippen LogP contribution in [0.2, 0.25) is 0 Å². The van der Waals surface area contributed by atoms with Gasteiger partial charge in [0.2, 0.25) is 0 Å². The number of nitrogens with two attached hydrogens (primary N) is 1. The highest BCUT2D eigenvalue weighted by Crippen LogP contribution is 2.42. The van der Waals surface area contributed by atoms with Crippen LogP contribution in [0.4, 0.5) is 4.39 Å². The second kappa shape index (κ2) is 2.82. The van der Waals surface area contributed by atoms with Crippen LogP contribution in [-0.4, -0.2) is 6.04 Å². The van der Waals surface area contributed by atoms with Crippen LogP contribution in [0, 0.1) is 5.82 Å². The molecule has 0 aromatic heterocycles. The molecule has 64 valence electrons. The van der Waals surface area contributed by atoms with E-state index in [9.17, 15) is 4.39 Å². The van der Waals surface area contributed by atoms with Gasteiger partial charge in [-0.3, -0.25) is 0 Å². The van der Waals surface area contributed by atoms with Gasteiger partial charge in [0.25, 0.3) is 0 Å². The lowest BCUT2D eigenvalue weighted by Crippen LogP contribution is -2.01. The Balaban J connectivity index is 2.38. The zero-order valence-electron chi connectivity index (χ0n) is 6.43. The number of rotatable bonds is 1. The lowest BCUT2D eigenvalue weighted by atomic mass is 10.1. The van der Waals surface area contributed by atoms with Gasteiger partial charge < -0.3 is 5.73 Å². The lowest BCUT2D eigenvalue weighted by molar-refractivity contribution is 0.618. The van der Waals surface area contributed by atoms with Gasteiger partial charge in [-0.2, -0.15) is 0 Å². The molecular formula is C9H9BrFN. The maximum absolute atomic E-state index is 13.0. The Bertz CT molecular complexity index is 313. The van der Waals surface area contributed by atoms with Crippen LogP contribution in [0.5, 0.6) is 0 Å². The van der Waals surface area contributed by atoms with Gasteiger partial charge in [-0.1, -0.05) is 12.1 Å². The quantitative estimate of drug-likeness (QED) is 0.787. The Hall–Kier alpha value is -0.410. The third-order valence-corrected chi connectivity index (χ3v) is 3.06. The summed E-state index contributed by atoms with van der Waals surface area (Å²) in [6.07, 6.45) is 0.974. The summed E-state index contributed by atoms with van der Waals surface area (Å²) < 4.78 is 13.6. The highest BCUT2D eigenvalue weighted by Gasteiger charge is 2.36. The molecule has 1 aliphatic carbocycles. The van der Waals surface area contributed by atoms with E-state index in [2.05, 4.69) is 15.9 Å². The molecule has 12 heavy (non-hydrogen) atoms. The van der Waals surface area contributed by atoms with Gasteiger partial charge in [0.15, 0.2) is 0 Å². The van der Waals surface area contributed by atoms with Crippen LogP contribution in [-0.2, 0) is 0 Å². The molecule has 0 heterocycles. The maximum Gasteiger partial charge on any atom is 0.137 e. The minimum atomic E-state index is -0.202. The molecule has 0 radical (unpaired) electrons. The Morgan fingerprint density at radius 1 is 1.50 bits per heavy atom. The summed E-state index contributed by atoms with van der Waals surface area (Å²) in [5.41, 5.74) is 6.68. The highest BCUT2D eigenvalue weighted by atomic mass is 79.9. The number of halogens is 2. The Kier molecular flexibility index (Phi) is 1.93. The van der Waals surface area contributed by atoms with Crippen LogP contribution in [0.1, 0.15) is 17.9 Å². The minimum Gasteiger partial charge on any atom is -0.327 e. The molecule has 2 N–H and O–H groups in total. The summed E-state index contributed by atoms with van der Waals surface area (Å²) in [6, 6.07) is 5.32. The Morgan fingerprint density at radius 2 is 2.17 bits per heavy atom. The van der Waals surface area contributed by atoms with Crippen LogP contribution in [0.25, 0.3) is 0 Å². The maximum atomic E-state index is 13.0. The molecule has 2 atom stereocenters. The fourth-order valence-corrected chi connectivity index (χ4v) is 1.94. The van der Waals surface area contributed by atoms with E-state index < -0.39 is 0 Å². The van der Waals surface area contributed by atoms with Crippen LogP contribution < -0.4 is 5.73 Å². The summed E-state index contributed by atoms with van der Waals surface area (Å²) in [7, 11) is 0.